The summed E-state index contributed by atoms with van der Waals surface area (Å²) in [6, 6.07) is 21.3. The second kappa shape index (κ2) is 15.2. The van der Waals surface area contributed by atoms with Crippen LogP contribution in [0.5, 0.6) is 0 Å². The number of hydrogen-bond donors (Lipinski definition) is 5. The van der Waals surface area contributed by atoms with Crippen LogP contribution in [0.1, 0.15) is 55.7 Å². The first kappa shape index (κ1) is 32.2. The van der Waals surface area contributed by atoms with E-state index in [9.17, 15) is 24.3 Å². The van der Waals surface area contributed by atoms with E-state index < -0.39 is 24.1 Å². The molecule has 44 heavy (non-hydrogen) atoms. The van der Waals surface area contributed by atoms with Crippen molar-refractivity contribution >= 4 is 29.5 Å². The first-order valence-electron chi connectivity index (χ1n) is 14.9. The average molecular weight is 601 g/mol. The number of amides is 4. The van der Waals surface area contributed by atoms with Crippen LogP contribution in [-0.2, 0) is 20.9 Å². The minimum absolute atomic E-state index is 0.116. The maximum absolute atomic E-state index is 13.5. The van der Waals surface area contributed by atoms with Gasteiger partial charge < -0.3 is 31.5 Å². The molecule has 1 aliphatic rings. The molecule has 3 aromatic carbocycles. The molecule has 0 aromatic heterocycles. The number of nitrogens with one attached hydrogen (secondary N) is 3. The molecule has 0 aliphatic heterocycles. The highest BCUT2D eigenvalue weighted by Gasteiger charge is 2.32. The number of fused-ring (bicyclic) bond motifs is 3. The van der Waals surface area contributed by atoms with Gasteiger partial charge in [-0.1, -0.05) is 74.5 Å². The molecule has 2 atom stereocenters. The van der Waals surface area contributed by atoms with Gasteiger partial charge in [0.15, 0.2) is 5.78 Å². The Bertz CT molecular complexity index is 1430. The van der Waals surface area contributed by atoms with Crippen molar-refractivity contribution < 1.29 is 29.0 Å². The fourth-order valence-electron chi connectivity index (χ4n) is 5.58. The zero-order valence-electron chi connectivity index (χ0n) is 25.0. The fraction of sp³-hybridized carbons (Fsp3) is 0.353. The molecule has 0 heterocycles. The van der Waals surface area contributed by atoms with Crippen molar-refractivity contribution in [2.75, 3.05) is 18.5 Å². The van der Waals surface area contributed by atoms with E-state index in [-0.39, 0.29) is 49.7 Å². The van der Waals surface area contributed by atoms with Crippen LogP contribution < -0.4 is 21.7 Å². The van der Waals surface area contributed by atoms with E-state index >= 15 is 0 Å². The Morgan fingerprint density at radius 3 is 2.09 bits per heavy atom. The van der Waals surface area contributed by atoms with E-state index in [2.05, 4.69) is 28.1 Å². The van der Waals surface area contributed by atoms with E-state index in [1.54, 1.807) is 24.3 Å². The van der Waals surface area contributed by atoms with Crippen LogP contribution in [0.25, 0.3) is 11.1 Å². The molecule has 232 valence electrons. The second-order valence-corrected chi connectivity index (χ2v) is 11.3. The highest BCUT2D eigenvalue weighted by atomic mass is 16.5. The van der Waals surface area contributed by atoms with Gasteiger partial charge in [-0.3, -0.25) is 9.59 Å². The lowest BCUT2D eigenvalue weighted by atomic mass is 9.89. The number of primary amides is 1. The van der Waals surface area contributed by atoms with Gasteiger partial charge in [0.25, 0.3) is 0 Å². The van der Waals surface area contributed by atoms with Crippen LogP contribution in [0.3, 0.4) is 0 Å². The Hall–Kier alpha value is -4.70. The van der Waals surface area contributed by atoms with Crippen molar-refractivity contribution in [1.29, 1.82) is 0 Å². The molecule has 10 heteroatoms. The SMILES string of the molecule is CC(C)C(NC(=O)OCC1c2ccccc2-c2ccccc21)C(=O)CC(CCCNC(N)=O)C(=O)Nc1ccc(CO)cc1. The van der Waals surface area contributed by atoms with Crippen LogP contribution in [0.4, 0.5) is 15.3 Å². The standard InChI is InChI=1S/C34H40N4O6/c1-21(2)31(38-34(43)44-20-29-27-11-5-3-9-25(27)26-10-4-6-12-28(26)29)30(40)18-23(8-7-17-36-33(35)42)32(41)37-24-15-13-22(19-39)14-16-24/h3-6,9-16,21,23,29,31,39H,7-8,17-20H2,1-2H3,(H,37,41)(H,38,43)(H3,35,36,42). The van der Waals surface area contributed by atoms with E-state index in [1.807, 2.05) is 50.2 Å². The van der Waals surface area contributed by atoms with Crippen LogP contribution in [0.2, 0.25) is 0 Å². The van der Waals surface area contributed by atoms with Gasteiger partial charge in [-0.05, 0) is 58.7 Å². The third-order valence-electron chi connectivity index (χ3n) is 7.88. The monoisotopic (exact) mass is 600 g/mol. The summed E-state index contributed by atoms with van der Waals surface area (Å²) >= 11 is 0. The molecule has 2 unspecified atom stereocenters. The van der Waals surface area contributed by atoms with Crippen molar-refractivity contribution in [3.05, 3.63) is 89.5 Å². The van der Waals surface area contributed by atoms with Crippen molar-refractivity contribution in [1.82, 2.24) is 10.6 Å². The number of aliphatic hydroxyl groups excluding tert-OH is 1. The number of nitrogens with two attached hydrogens (primary N) is 1. The lowest BCUT2D eigenvalue weighted by Gasteiger charge is -2.24. The Morgan fingerprint density at radius 2 is 1.52 bits per heavy atom. The summed E-state index contributed by atoms with van der Waals surface area (Å²) in [7, 11) is 0. The molecule has 4 amide bonds. The van der Waals surface area contributed by atoms with Crippen LogP contribution in [0.15, 0.2) is 72.8 Å². The summed E-state index contributed by atoms with van der Waals surface area (Å²) in [5.74, 6) is -1.76. The Morgan fingerprint density at radius 1 is 0.909 bits per heavy atom. The van der Waals surface area contributed by atoms with E-state index in [4.69, 9.17) is 10.5 Å². The van der Waals surface area contributed by atoms with Crippen LogP contribution in [0, 0.1) is 11.8 Å². The number of rotatable bonds is 14. The zero-order chi connectivity index (χ0) is 31.6. The maximum Gasteiger partial charge on any atom is 0.407 e. The summed E-state index contributed by atoms with van der Waals surface area (Å²) in [6.45, 7) is 3.89. The Labute approximate surface area is 257 Å². The Balaban J connectivity index is 1.40. The number of benzene rings is 3. The van der Waals surface area contributed by atoms with Gasteiger partial charge in [0.2, 0.25) is 5.91 Å². The molecule has 10 nitrogen and oxygen atoms in total. The topological polar surface area (TPSA) is 160 Å². The predicted molar refractivity (Wildman–Crippen MR) is 168 cm³/mol. The molecule has 0 saturated carbocycles. The number of ether oxygens (including phenoxy) is 1. The lowest BCUT2D eigenvalue weighted by Crippen LogP contribution is -2.46. The lowest BCUT2D eigenvalue weighted by molar-refractivity contribution is -0.128. The molecular formula is C34H40N4O6. The number of Topliss-reactive ketones (excluding diaryl/α,β-unsaturated/α-hetero) is 1. The van der Waals surface area contributed by atoms with E-state index in [0.29, 0.717) is 24.1 Å². The summed E-state index contributed by atoms with van der Waals surface area (Å²) in [5, 5.41) is 17.3. The highest BCUT2D eigenvalue weighted by molar-refractivity contribution is 5.97. The van der Waals surface area contributed by atoms with Gasteiger partial charge in [0.1, 0.15) is 6.61 Å². The fourth-order valence-corrected chi connectivity index (χ4v) is 5.58. The van der Waals surface area contributed by atoms with Gasteiger partial charge in [-0.15, -0.1) is 0 Å². The van der Waals surface area contributed by atoms with Gasteiger partial charge >= 0.3 is 12.1 Å². The highest BCUT2D eigenvalue weighted by Crippen LogP contribution is 2.44. The summed E-state index contributed by atoms with van der Waals surface area (Å²) in [5.41, 5.74) is 10.8. The van der Waals surface area contributed by atoms with E-state index in [1.165, 1.54) is 0 Å². The van der Waals surface area contributed by atoms with Crippen LogP contribution in [-0.4, -0.2) is 48.1 Å². The molecule has 0 bridgehead atoms. The third-order valence-corrected chi connectivity index (χ3v) is 7.88. The van der Waals surface area contributed by atoms with Crippen molar-refractivity contribution in [2.24, 2.45) is 17.6 Å². The molecule has 0 spiro atoms. The number of urea groups is 1. The quantitative estimate of drug-likeness (QED) is 0.169. The summed E-state index contributed by atoms with van der Waals surface area (Å²) in [6.07, 6.45) is -0.0925. The van der Waals surface area contributed by atoms with Crippen molar-refractivity contribution in [3.63, 3.8) is 0 Å². The van der Waals surface area contributed by atoms with Crippen LogP contribution >= 0.6 is 0 Å². The third kappa shape index (κ3) is 8.23. The molecule has 0 saturated heterocycles. The van der Waals surface area contributed by atoms with Crippen molar-refractivity contribution in [3.8, 4) is 11.1 Å². The number of carbonyl (C=O) groups is 4. The normalized spacial score (nSPS) is 13.4. The molecule has 3 aromatic rings. The summed E-state index contributed by atoms with van der Waals surface area (Å²) in [4.78, 5) is 50.9. The number of alkyl carbamates (subject to hydrolysis) is 1. The predicted octanol–water partition coefficient (Wildman–Crippen LogP) is 4.70. The number of carbonyl (C=O) groups excluding carboxylic acids is 4. The zero-order valence-corrected chi connectivity index (χ0v) is 25.0. The van der Waals surface area contributed by atoms with Gasteiger partial charge in [0, 0.05) is 30.5 Å². The molecular weight excluding hydrogens is 560 g/mol. The second-order valence-electron chi connectivity index (χ2n) is 11.3. The van der Waals surface area contributed by atoms with Gasteiger partial charge in [0.05, 0.1) is 12.6 Å². The molecule has 6 N–H and O–H groups in total. The molecule has 4 rings (SSSR count). The Kier molecular flexibility index (Phi) is 11.1. The molecule has 0 fully saturated rings. The first-order chi connectivity index (χ1) is 21.2. The smallest absolute Gasteiger partial charge is 0.407 e. The van der Waals surface area contributed by atoms with Crippen molar-refractivity contribution in [2.45, 2.75) is 51.7 Å². The van der Waals surface area contributed by atoms with E-state index in [0.717, 1.165) is 22.3 Å². The largest absolute Gasteiger partial charge is 0.449 e. The number of hydrogen-bond acceptors (Lipinski definition) is 6. The minimum Gasteiger partial charge on any atom is -0.449 e. The average Bonchev–Trinajstić information content (AvgIpc) is 3.33. The minimum atomic E-state index is -0.867. The maximum atomic E-state index is 13.5. The number of anilines is 1. The number of ketones is 1. The first-order valence-corrected chi connectivity index (χ1v) is 14.9. The number of aliphatic hydroxyl groups is 1. The van der Waals surface area contributed by atoms with Gasteiger partial charge in [-0.25, -0.2) is 9.59 Å². The summed E-state index contributed by atoms with van der Waals surface area (Å²) < 4.78 is 5.67. The molecule has 0 radical (unpaired) electrons. The molecule has 1 aliphatic carbocycles. The van der Waals surface area contributed by atoms with Gasteiger partial charge in [-0.2, -0.15) is 0 Å².